The molecular formula is C13H25N3. The predicted molar refractivity (Wildman–Crippen MR) is 70.8 cm³/mol. The van der Waals surface area contributed by atoms with Crippen molar-refractivity contribution in [3.8, 4) is 0 Å². The highest BCUT2D eigenvalue weighted by atomic mass is 15.2. The van der Waals surface area contributed by atoms with Gasteiger partial charge in [-0.25, -0.2) is 0 Å². The molecule has 92 valence electrons. The lowest BCUT2D eigenvalue weighted by Gasteiger charge is -2.19. The Balaban J connectivity index is 2.37. The highest BCUT2D eigenvalue weighted by Crippen LogP contribution is 2.11. The molecule has 0 amide bonds. The van der Waals surface area contributed by atoms with E-state index >= 15 is 0 Å². The fourth-order valence-corrected chi connectivity index (χ4v) is 1.98. The Morgan fingerprint density at radius 3 is 2.69 bits per heavy atom. The second-order valence-corrected chi connectivity index (χ2v) is 4.68. The summed E-state index contributed by atoms with van der Waals surface area (Å²) in [5.41, 5.74) is 7.22. The van der Waals surface area contributed by atoms with E-state index in [0.29, 0.717) is 0 Å². The van der Waals surface area contributed by atoms with Crippen molar-refractivity contribution < 1.29 is 0 Å². The first kappa shape index (κ1) is 13.2. The number of nitrogens with two attached hydrogens (primary N) is 1. The predicted octanol–water partition coefficient (Wildman–Crippen LogP) is 2.18. The maximum absolute atomic E-state index is 6.10. The van der Waals surface area contributed by atoms with Crippen LogP contribution in [0.4, 0.5) is 0 Å². The van der Waals surface area contributed by atoms with Crippen LogP contribution in [0.1, 0.15) is 39.5 Å². The van der Waals surface area contributed by atoms with Gasteiger partial charge >= 0.3 is 0 Å². The third kappa shape index (κ3) is 3.97. The molecule has 1 heterocycles. The summed E-state index contributed by atoms with van der Waals surface area (Å²) in [6.07, 6.45) is 6.65. The first-order valence-electron chi connectivity index (χ1n) is 6.35. The second kappa shape index (κ2) is 6.69. The van der Waals surface area contributed by atoms with Gasteiger partial charge in [0.25, 0.3) is 0 Å². The minimum absolute atomic E-state index is 0.00111. The molecule has 1 aliphatic heterocycles. The zero-order chi connectivity index (χ0) is 12.0. The van der Waals surface area contributed by atoms with Crippen LogP contribution in [-0.2, 0) is 0 Å². The summed E-state index contributed by atoms with van der Waals surface area (Å²) < 4.78 is 0. The second-order valence-electron chi connectivity index (χ2n) is 4.68. The van der Waals surface area contributed by atoms with E-state index in [1.807, 2.05) is 6.34 Å². The molecule has 3 heteroatoms. The quantitative estimate of drug-likeness (QED) is 0.426. The summed E-state index contributed by atoms with van der Waals surface area (Å²) in [4.78, 5) is 6.79. The molecule has 0 aromatic heterocycles. The molecule has 2 unspecified atom stereocenters. The van der Waals surface area contributed by atoms with Crippen molar-refractivity contribution in [2.45, 2.75) is 51.6 Å². The molecule has 2 N–H and O–H groups in total. The minimum atomic E-state index is -0.00111. The molecule has 0 spiro atoms. The van der Waals surface area contributed by atoms with E-state index in [1.165, 1.54) is 12.8 Å². The van der Waals surface area contributed by atoms with E-state index in [9.17, 15) is 0 Å². The van der Waals surface area contributed by atoms with Gasteiger partial charge in [-0.05, 0) is 26.2 Å². The van der Waals surface area contributed by atoms with Crippen LogP contribution < -0.4 is 5.73 Å². The maximum atomic E-state index is 6.10. The van der Waals surface area contributed by atoms with Crippen molar-refractivity contribution in [3.05, 3.63) is 12.2 Å². The van der Waals surface area contributed by atoms with E-state index in [0.717, 1.165) is 31.5 Å². The fraction of sp³-hybridized carbons (Fsp3) is 0.769. The third-order valence-electron chi connectivity index (χ3n) is 3.17. The zero-order valence-corrected chi connectivity index (χ0v) is 10.7. The molecule has 0 radical (unpaired) electrons. The van der Waals surface area contributed by atoms with Gasteiger partial charge in [-0.1, -0.05) is 25.5 Å². The van der Waals surface area contributed by atoms with E-state index in [2.05, 4.69) is 30.3 Å². The number of aliphatic imine (C=N–C) groups is 1. The Morgan fingerprint density at radius 1 is 1.50 bits per heavy atom. The first-order valence-corrected chi connectivity index (χ1v) is 6.35. The lowest BCUT2D eigenvalue weighted by molar-refractivity contribution is 0.521. The van der Waals surface area contributed by atoms with Crippen LogP contribution in [0, 0.1) is 0 Å². The molecule has 0 bridgehead atoms. The molecule has 0 aromatic carbocycles. The number of nitrogens with zero attached hydrogens (tertiary/aromatic N) is 2. The Kier molecular flexibility index (Phi) is 5.53. The lowest BCUT2D eigenvalue weighted by atomic mass is 10.00. The van der Waals surface area contributed by atoms with Crippen molar-refractivity contribution in [2.75, 3.05) is 13.1 Å². The van der Waals surface area contributed by atoms with E-state index in [1.54, 1.807) is 0 Å². The topological polar surface area (TPSA) is 41.6 Å². The number of hydrogen-bond acceptors (Lipinski definition) is 2. The summed E-state index contributed by atoms with van der Waals surface area (Å²) in [5, 5.41) is 0. The largest absolute Gasteiger partial charge is 0.363 e. The van der Waals surface area contributed by atoms with Crippen LogP contribution in [0.5, 0.6) is 0 Å². The Labute approximate surface area is 99.4 Å². The average Bonchev–Trinajstić information content (AvgIpc) is 2.78. The van der Waals surface area contributed by atoms with Crippen molar-refractivity contribution >= 4 is 6.34 Å². The number of rotatable bonds is 6. The third-order valence-corrected chi connectivity index (χ3v) is 3.17. The average molecular weight is 223 g/mol. The number of likely N-dealkylation sites (tertiary alicyclic amines) is 1. The molecule has 1 saturated heterocycles. The van der Waals surface area contributed by atoms with Crippen molar-refractivity contribution in [3.63, 3.8) is 0 Å². The Bertz CT molecular complexity index is 242. The molecule has 2 atom stereocenters. The smallest absolute Gasteiger partial charge is 0.0853 e. The molecule has 1 fully saturated rings. The summed E-state index contributed by atoms with van der Waals surface area (Å²) in [5.74, 6) is 0. The van der Waals surface area contributed by atoms with Gasteiger partial charge in [0.15, 0.2) is 0 Å². The fourth-order valence-electron chi connectivity index (χ4n) is 1.98. The molecule has 3 nitrogen and oxygen atoms in total. The SMILES string of the molecule is C=C(CCC)C(N)C(C)/N=C\N1CCCC1. The van der Waals surface area contributed by atoms with Crippen LogP contribution >= 0.6 is 0 Å². The normalized spacial score (nSPS) is 20.3. The maximum Gasteiger partial charge on any atom is 0.0853 e. The lowest BCUT2D eigenvalue weighted by Crippen LogP contribution is -2.33. The molecule has 0 aliphatic carbocycles. The van der Waals surface area contributed by atoms with Crippen LogP contribution in [0.15, 0.2) is 17.1 Å². The van der Waals surface area contributed by atoms with E-state index in [4.69, 9.17) is 5.73 Å². The van der Waals surface area contributed by atoms with Crippen molar-refractivity contribution in [1.29, 1.82) is 0 Å². The van der Waals surface area contributed by atoms with Gasteiger partial charge in [0, 0.05) is 19.1 Å². The summed E-state index contributed by atoms with van der Waals surface area (Å²) in [6, 6.07) is 0.137. The van der Waals surface area contributed by atoms with Crippen LogP contribution in [-0.4, -0.2) is 36.4 Å². The first-order chi connectivity index (χ1) is 7.65. The molecule has 16 heavy (non-hydrogen) atoms. The molecule has 1 rings (SSSR count). The molecule has 1 aliphatic rings. The summed E-state index contributed by atoms with van der Waals surface area (Å²) >= 11 is 0. The summed E-state index contributed by atoms with van der Waals surface area (Å²) in [7, 11) is 0. The minimum Gasteiger partial charge on any atom is -0.363 e. The Morgan fingerprint density at radius 2 is 2.12 bits per heavy atom. The molecule has 0 aromatic rings. The molecular weight excluding hydrogens is 198 g/mol. The van der Waals surface area contributed by atoms with Gasteiger partial charge in [0.05, 0.1) is 12.4 Å². The van der Waals surface area contributed by atoms with Crippen molar-refractivity contribution in [1.82, 2.24) is 4.90 Å². The monoisotopic (exact) mass is 223 g/mol. The van der Waals surface area contributed by atoms with Gasteiger partial charge in [-0.15, -0.1) is 0 Å². The highest BCUT2D eigenvalue weighted by molar-refractivity contribution is 5.55. The van der Waals surface area contributed by atoms with Gasteiger partial charge in [0.1, 0.15) is 0 Å². The number of hydrogen-bond donors (Lipinski definition) is 1. The molecule has 0 saturated carbocycles. The van der Waals surface area contributed by atoms with E-state index < -0.39 is 0 Å². The zero-order valence-electron chi connectivity index (χ0n) is 10.7. The van der Waals surface area contributed by atoms with Crippen LogP contribution in [0.3, 0.4) is 0 Å². The standard InChI is InChI=1S/C13H25N3/c1-4-7-11(2)13(14)12(3)15-10-16-8-5-6-9-16/h10,12-13H,2,4-9,14H2,1,3H3/b15-10-. The van der Waals surface area contributed by atoms with Crippen LogP contribution in [0.2, 0.25) is 0 Å². The summed E-state index contributed by atoms with van der Waals surface area (Å²) in [6.45, 7) is 10.5. The highest BCUT2D eigenvalue weighted by Gasteiger charge is 2.14. The van der Waals surface area contributed by atoms with Gasteiger partial charge < -0.3 is 10.6 Å². The van der Waals surface area contributed by atoms with Crippen LogP contribution in [0.25, 0.3) is 0 Å². The van der Waals surface area contributed by atoms with Crippen molar-refractivity contribution in [2.24, 2.45) is 10.7 Å². The van der Waals surface area contributed by atoms with E-state index in [-0.39, 0.29) is 12.1 Å². The Hall–Kier alpha value is -0.830. The van der Waals surface area contributed by atoms with Gasteiger partial charge in [0.2, 0.25) is 0 Å². The van der Waals surface area contributed by atoms with Gasteiger partial charge in [-0.3, -0.25) is 4.99 Å². The van der Waals surface area contributed by atoms with Gasteiger partial charge in [-0.2, -0.15) is 0 Å².